The van der Waals surface area contributed by atoms with Crippen LogP contribution in [0.2, 0.25) is 0 Å². The first kappa shape index (κ1) is 18.6. The van der Waals surface area contributed by atoms with E-state index in [-0.39, 0.29) is 13.2 Å². The first-order chi connectivity index (χ1) is 10.3. The molecule has 0 bridgehead atoms. The summed E-state index contributed by atoms with van der Waals surface area (Å²) in [6, 6.07) is 2.36. The van der Waals surface area contributed by atoms with Crippen molar-refractivity contribution in [2.75, 3.05) is 13.2 Å². The van der Waals surface area contributed by atoms with Crippen molar-refractivity contribution in [2.24, 2.45) is 0 Å². The largest absolute Gasteiger partial charge is 0.465 e. The van der Waals surface area contributed by atoms with Gasteiger partial charge in [0.2, 0.25) is 10.0 Å². The molecule has 0 amide bonds. The predicted octanol–water partition coefficient (Wildman–Crippen LogP) is 2.16. The zero-order valence-electron chi connectivity index (χ0n) is 12.0. The topological polar surface area (TPSA) is 63.7 Å². The quantitative estimate of drug-likeness (QED) is 0.550. The second-order valence-corrected chi connectivity index (χ2v) is 7.03. The Morgan fingerprint density at radius 2 is 2.18 bits per heavy atom. The van der Waals surface area contributed by atoms with Crippen molar-refractivity contribution in [1.29, 1.82) is 0 Å². The lowest BCUT2D eigenvalue weighted by Crippen LogP contribution is -2.44. The zero-order chi connectivity index (χ0) is 16.9. The monoisotopic (exact) mass is 391 g/mol. The molecule has 1 atom stereocenters. The lowest BCUT2D eigenvalue weighted by Gasteiger charge is -2.25. The fraction of sp³-hybridized carbons (Fsp3) is 0.357. The summed E-state index contributed by atoms with van der Waals surface area (Å²) in [6.45, 7) is 2.65. The highest BCUT2D eigenvalue weighted by Crippen LogP contribution is 2.24. The third-order valence-electron chi connectivity index (χ3n) is 2.79. The van der Waals surface area contributed by atoms with Crippen molar-refractivity contribution in [3.8, 4) is 12.3 Å². The Morgan fingerprint density at radius 1 is 1.55 bits per heavy atom. The van der Waals surface area contributed by atoms with Crippen LogP contribution in [0, 0.1) is 18.2 Å². The first-order valence-corrected chi connectivity index (χ1v) is 8.56. The number of halogens is 2. The van der Waals surface area contributed by atoms with Gasteiger partial charge >= 0.3 is 5.97 Å². The molecule has 0 heterocycles. The van der Waals surface area contributed by atoms with Gasteiger partial charge in [-0.3, -0.25) is 4.79 Å². The van der Waals surface area contributed by atoms with Gasteiger partial charge in [-0.2, -0.15) is 4.31 Å². The lowest BCUT2D eigenvalue weighted by molar-refractivity contribution is -0.146. The molecule has 0 unspecified atom stereocenters. The molecule has 1 aromatic carbocycles. The van der Waals surface area contributed by atoms with Crippen LogP contribution in [0.25, 0.3) is 0 Å². The van der Waals surface area contributed by atoms with Gasteiger partial charge in [0.15, 0.2) is 0 Å². The summed E-state index contributed by atoms with van der Waals surface area (Å²) in [7, 11) is -4.28. The summed E-state index contributed by atoms with van der Waals surface area (Å²) in [5.74, 6) is 0.471. The second-order valence-electron chi connectivity index (χ2n) is 4.26. The highest BCUT2D eigenvalue weighted by molar-refractivity contribution is 9.10. The Labute approximate surface area is 137 Å². The molecule has 120 valence electrons. The SMILES string of the molecule is C#CCN([C@@H](C)C(=O)OCC)S(=O)(=O)c1ccc(Br)cc1F. The highest BCUT2D eigenvalue weighted by Gasteiger charge is 2.35. The van der Waals surface area contributed by atoms with E-state index in [2.05, 4.69) is 21.9 Å². The molecular weight excluding hydrogens is 377 g/mol. The van der Waals surface area contributed by atoms with Gasteiger partial charge in [-0.15, -0.1) is 6.42 Å². The van der Waals surface area contributed by atoms with E-state index in [1.165, 1.54) is 13.0 Å². The van der Waals surface area contributed by atoms with Crippen LogP contribution in [0.3, 0.4) is 0 Å². The van der Waals surface area contributed by atoms with Crippen LogP contribution in [-0.4, -0.2) is 37.9 Å². The molecule has 0 radical (unpaired) electrons. The zero-order valence-corrected chi connectivity index (χ0v) is 14.4. The number of rotatable bonds is 6. The molecule has 0 aliphatic rings. The Bertz CT molecular complexity index is 699. The summed E-state index contributed by atoms with van der Waals surface area (Å²) in [4.78, 5) is 11.2. The Kier molecular flexibility index (Phi) is 6.53. The normalized spacial score (nSPS) is 12.7. The number of terminal acetylenes is 1. The number of hydrogen-bond donors (Lipinski definition) is 0. The lowest BCUT2D eigenvalue weighted by atomic mass is 10.3. The van der Waals surface area contributed by atoms with Gasteiger partial charge in [-0.05, 0) is 32.0 Å². The summed E-state index contributed by atoms with van der Waals surface area (Å²) >= 11 is 3.05. The van der Waals surface area contributed by atoms with Crippen molar-refractivity contribution in [2.45, 2.75) is 24.8 Å². The molecule has 0 saturated carbocycles. The van der Waals surface area contributed by atoms with Crippen LogP contribution in [0.1, 0.15) is 13.8 Å². The van der Waals surface area contributed by atoms with E-state index in [0.29, 0.717) is 4.47 Å². The van der Waals surface area contributed by atoms with Crippen molar-refractivity contribution in [3.63, 3.8) is 0 Å². The van der Waals surface area contributed by atoms with E-state index in [1.807, 2.05) is 0 Å². The van der Waals surface area contributed by atoms with E-state index >= 15 is 0 Å². The van der Waals surface area contributed by atoms with E-state index in [0.717, 1.165) is 16.4 Å². The van der Waals surface area contributed by atoms with Gasteiger partial charge in [-0.1, -0.05) is 21.9 Å². The number of ether oxygens (including phenoxy) is 1. The molecule has 22 heavy (non-hydrogen) atoms. The molecule has 0 N–H and O–H groups in total. The van der Waals surface area contributed by atoms with E-state index in [4.69, 9.17) is 11.2 Å². The first-order valence-electron chi connectivity index (χ1n) is 6.32. The fourth-order valence-electron chi connectivity index (χ4n) is 1.71. The van der Waals surface area contributed by atoms with Gasteiger partial charge in [0.25, 0.3) is 0 Å². The molecule has 0 saturated heterocycles. The molecule has 0 aliphatic heterocycles. The maximum absolute atomic E-state index is 14.0. The number of sulfonamides is 1. The summed E-state index contributed by atoms with van der Waals surface area (Å²) < 4.78 is 45.0. The number of benzene rings is 1. The van der Waals surface area contributed by atoms with Gasteiger partial charge in [-0.25, -0.2) is 12.8 Å². The summed E-state index contributed by atoms with van der Waals surface area (Å²) in [5, 5.41) is 0. The minimum atomic E-state index is -4.28. The second kappa shape index (κ2) is 7.72. The van der Waals surface area contributed by atoms with Gasteiger partial charge < -0.3 is 4.74 Å². The Balaban J connectivity index is 3.29. The fourth-order valence-corrected chi connectivity index (χ4v) is 3.59. The highest BCUT2D eigenvalue weighted by atomic mass is 79.9. The van der Waals surface area contributed by atoms with Crippen LogP contribution in [-0.2, 0) is 19.6 Å². The molecule has 0 aliphatic carbocycles. The summed E-state index contributed by atoms with van der Waals surface area (Å²) in [6.07, 6.45) is 5.17. The molecule has 0 spiro atoms. The average Bonchev–Trinajstić information content (AvgIpc) is 2.43. The number of hydrogen-bond acceptors (Lipinski definition) is 4. The van der Waals surface area contributed by atoms with Crippen molar-refractivity contribution in [1.82, 2.24) is 4.31 Å². The number of carbonyl (C=O) groups is 1. The van der Waals surface area contributed by atoms with Crippen molar-refractivity contribution in [3.05, 3.63) is 28.5 Å². The predicted molar refractivity (Wildman–Crippen MR) is 82.9 cm³/mol. The van der Waals surface area contributed by atoms with E-state index < -0.39 is 32.7 Å². The van der Waals surface area contributed by atoms with E-state index in [9.17, 15) is 17.6 Å². The van der Waals surface area contributed by atoms with Crippen LogP contribution < -0.4 is 0 Å². The minimum absolute atomic E-state index is 0.0970. The third kappa shape index (κ3) is 4.06. The molecule has 0 aromatic heterocycles. The molecular formula is C14H15BrFNO4S. The Hall–Kier alpha value is -1.43. The van der Waals surface area contributed by atoms with Crippen molar-refractivity contribution >= 4 is 31.9 Å². The number of nitrogens with zero attached hydrogens (tertiary/aromatic N) is 1. The van der Waals surface area contributed by atoms with Gasteiger partial charge in [0.1, 0.15) is 16.8 Å². The van der Waals surface area contributed by atoms with E-state index in [1.54, 1.807) is 6.92 Å². The number of carbonyl (C=O) groups excluding carboxylic acids is 1. The van der Waals surface area contributed by atoms with Crippen LogP contribution in [0.5, 0.6) is 0 Å². The standard InChI is InChI=1S/C14H15BrFNO4S/c1-4-8-17(10(3)14(18)21-5-2)22(19,20)13-7-6-11(15)9-12(13)16/h1,6-7,9-10H,5,8H2,2-3H3/t10-/m0/s1. The van der Waals surface area contributed by atoms with Gasteiger partial charge in [0.05, 0.1) is 13.2 Å². The smallest absolute Gasteiger partial charge is 0.324 e. The number of esters is 1. The minimum Gasteiger partial charge on any atom is -0.465 e. The van der Waals surface area contributed by atoms with Gasteiger partial charge in [0, 0.05) is 4.47 Å². The maximum Gasteiger partial charge on any atom is 0.324 e. The third-order valence-corrected chi connectivity index (χ3v) is 5.23. The molecule has 1 rings (SSSR count). The van der Waals surface area contributed by atoms with Crippen LogP contribution >= 0.6 is 15.9 Å². The molecule has 8 heteroatoms. The summed E-state index contributed by atoms with van der Waals surface area (Å²) in [5.41, 5.74) is 0. The van der Waals surface area contributed by atoms with Crippen molar-refractivity contribution < 1.29 is 22.3 Å². The Morgan fingerprint density at radius 3 is 2.68 bits per heavy atom. The molecule has 0 fully saturated rings. The molecule has 5 nitrogen and oxygen atoms in total. The average molecular weight is 392 g/mol. The molecule has 1 aromatic rings. The maximum atomic E-state index is 14.0. The van der Waals surface area contributed by atoms with Crippen LogP contribution in [0.15, 0.2) is 27.6 Å². The van der Waals surface area contributed by atoms with Crippen LogP contribution in [0.4, 0.5) is 4.39 Å².